The van der Waals surface area contributed by atoms with Gasteiger partial charge in [0.15, 0.2) is 0 Å². The van der Waals surface area contributed by atoms with Crippen molar-refractivity contribution in [3.8, 4) is 0 Å². The van der Waals surface area contributed by atoms with Gasteiger partial charge in [0.25, 0.3) is 5.24 Å². The summed E-state index contributed by atoms with van der Waals surface area (Å²) in [5.74, 6) is 7.78. The predicted molar refractivity (Wildman–Crippen MR) is 211 cm³/mol. The first kappa shape index (κ1) is 46.2. The third-order valence-corrected chi connectivity index (χ3v) is 14.5. The molecule has 0 aliphatic rings. The number of amides is 2. The standard InChI is InChI=1S/C23H44N4O8S10/c28-1-5-36-7-3-33-22(30)26-16-42-21-41-15-25-18-45(32)12-11-39-19-38-9-10-44-23(31)27-17-43-20-40-14-24-13-35-34-4-8-37-6-2-29/h13,18,28-29H,1-12,14-17,19-21H2,(H,26,30)(H,27,31)/b24-13+,25-18-. The number of aliphatic imine (C=N–C) groups is 2. The molecule has 12 nitrogen and oxygen atoms in total. The van der Waals surface area contributed by atoms with E-state index in [0.717, 1.165) is 38.3 Å². The molecular weight excluding hydrogens is 781 g/mol. The lowest BCUT2D eigenvalue weighted by Gasteiger charge is -2.06. The molecule has 1 unspecified atom stereocenters. The highest BCUT2D eigenvalue weighted by molar-refractivity contribution is 8.18. The van der Waals surface area contributed by atoms with Gasteiger partial charge < -0.3 is 35.0 Å². The first-order valence-electron chi connectivity index (χ1n) is 13.4. The molecular formula is C23H44N4O8S10. The van der Waals surface area contributed by atoms with Gasteiger partial charge >= 0.3 is 6.09 Å². The van der Waals surface area contributed by atoms with Crippen molar-refractivity contribution in [3.63, 3.8) is 0 Å². The van der Waals surface area contributed by atoms with E-state index in [-0.39, 0.29) is 18.5 Å². The van der Waals surface area contributed by atoms with Crippen LogP contribution in [-0.4, -0.2) is 149 Å². The second-order valence-electron chi connectivity index (χ2n) is 7.41. The minimum atomic E-state index is -1.08. The molecule has 0 aromatic carbocycles. The summed E-state index contributed by atoms with van der Waals surface area (Å²) in [6.45, 7) is 1.04. The third-order valence-electron chi connectivity index (χ3n) is 3.98. The van der Waals surface area contributed by atoms with Crippen molar-refractivity contribution < 1.29 is 38.9 Å². The Bertz CT molecular complexity index is 741. The number of ether oxygens (including phenoxy) is 1. The van der Waals surface area contributed by atoms with Crippen LogP contribution in [0.3, 0.4) is 0 Å². The average Bonchev–Trinajstić information content (AvgIpc) is 3.03. The Kier molecular flexibility index (Phi) is 40.7. The second-order valence-corrected chi connectivity index (χ2v) is 19.5. The molecule has 22 heteroatoms. The lowest BCUT2D eigenvalue weighted by molar-refractivity contribution is -0.210. The molecule has 0 aromatic heterocycles. The van der Waals surface area contributed by atoms with Crippen molar-refractivity contribution in [2.75, 3.05) is 111 Å². The van der Waals surface area contributed by atoms with Crippen LogP contribution in [0.25, 0.3) is 0 Å². The maximum absolute atomic E-state index is 12.0. The molecule has 0 saturated heterocycles. The zero-order valence-electron chi connectivity index (χ0n) is 24.9. The van der Waals surface area contributed by atoms with Gasteiger partial charge in [-0.3, -0.25) is 4.79 Å². The second kappa shape index (κ2) is 39.7. The predicted octanol–water partition coefficient (Wildman–Crippen LogP) is 4.46. The molecule has 1 atom stereocenters. The van der Waals surface area contributed by atoms with Gasteiger partial charge in [0.2, 0.25) is 11.9 Å². The minimum absolute atomic E-state index is 0.0225. The number of rotatable bonds is 33. The number of carbonyl (C=O) groups is 2. The van der Waals surface area contributed by atoms with Crippen LogP contribution >= 0.6 is 106 Å². The quantitative estimate of drug-likeness (QED) is 0.0139. The molecule has 0 saturated carbocycles. The van der Waals surface area contributed by atoms with Crippen LogP contribution in [0.15, 0.2) is 9.98 Å². The largest absolute Gasteiger partial charge is 0.611 e. The fourth-order valence-corrected chi connectivity index (χ4v) is 10.4. The van der Waals surface area contributed by atoms with Crippen molar-refractivity contribution in [3.05, 3.63) is 0 Å². The first-order valence-corrected chi connectivity index (χ1v) is 25.0. The third kappa shape index (κ3) is 39.5. The minimum Gasteiger partial charge on any atom is -0.611 e. The molecule has 2 amide bonds. The number of carbonyl (C=O) groups excluding carboxylic acids is 2. The van der Waals surface area contributed by atoms with E-state index in [1.807, 2.05) is 0 Å². The summed E-state index contributed by atoms with van der Waals surface area (Å²) in [6.07, 6.45) is 0.832. The first-order chi connectivity index (χ1) is 22.1. The molecule has 0 spiro atoms. The summed E-state index contributed by atoms with van der Waals surface area (Å²) in [6, 6.07) is 0. The number of aliphatic hydroxyl groups is 2. The molecule has 0 radical (unpaired) electrons. The summed E-state index contributed by atoms with van der Waals surface area (Å²) in [5.41, 5.74) is 1.51. The van der Waals surface area contributed by atoms with Gasteiger partial charge in [-0.15, -0.1) is 58.8 Å². The normalized spacial score (nSPS) is 12.2. The van der Waals surface area contributed by atoms with Gasteiger partial charge in [-0.05, 0) is 11.2 Å². The van der Waals surface area contributed by atoms with Gasteiger partial charge in [0, 0.05) is 55.5 Å². The average molecular weight is 825 g/mol. The van der Waals surface area contributed by atoms with Crippen LogP contribution < -0.4 is 10.6 Å². The SMILES string of the molecule is O=C(NCSCSC/N=C\[S+]([O-])CCSCSCCSC(=O)NCSCSC/N=C/OOCCSCCO)OCCSCCO. The summed E-state index contributed by atoms with van der Waals surface area (Å²) < 4.78 is 17.0. The number of aliphatic hydroxyl groups excluding tert-OH is 2. The van der Waals surface area contributed by atoms with Crippen LogP contribution in [0.2, 0.25) is 0 Å². The van der Waals surface area contributed by atoms with E-state index in [1.54, 1.807) is 82.3 Å². The van der Waals surface area contributed by atoms with Crippen molar-refractivity contribution in [2.45, 2.75) is 0 Å². The van der Waals surface area contributed by atoms with Gasteiger partial charge in [0.1, 0.15) is 19.0 Å². The highest BCUT2D eigenvalue weighted by Crippen LogP contribution is 2.16. The molecule has 0 aliphatic heterocycles. The summed E-state index contributed by atoms with van der Waals surface area (Å²) in [7, 11) is 0. The highest BCUT2D eigenvalue weighted by atomic mass is 32.2. The van der Waals surface area contributed by atoms with Crippen LogP contribution in [0.5, 0.6) is 0 Å². The molecule has 0 heterocycles. The summed E-state index contributed by atoms with van der Waals surface area (Å²) in [5, 5.41) is 25.3. The number of hydrogen-bond donors (Lipinski definition) is 4. The van der Waals surface area contributed by atoms with E-state index < -0.39 is 17.3 Å². The lowest BCUT2D eigenvalue weighted by atomic mass is 10.8. The maximum atomic E-state index is 12.0. The summed E-state index contributed by atoms with van der Waals surface area (Å²) in [4.78, 5) is 41.4. The molecule has 4 N–H and O–H groups in total. The molecule has 0 fully saturated rings. The van der Waals surface area contributed by atoms with Gasteiger partial charge in [-0.1, -0.05) is 11.8 Å². The summed E-state index contributed by atoms with van der Waals surface area (Å²) >= 11 is 13.2. The Hall–Kier alpha value is 1.22. The molecule has 0 rings (SSSR count). The van der Waals surface area contributed by atoms with Crippen molar-refractivity contribution >= 4 is 140 Å². The number of nitrogens with one attached hydrogen (secondary N) is 2. The number of nitrogens with zero attached hydrogens (tertiary/aromatic N) is 2. The van der Waals surface area contributed by atoms with Crippen molar-refractivity contribution in [1.82, 2.24) is 10.6 Å². The van der Waals surface area contributed by atoms with E-state index in [1.165, 1.54) is 35.5 Å². The molecule has 0 bridgehead atoms. The smallest absolute Gasteiger partial charge is 0.407 e. The molecule has 0 aliphatic carbocycles. The Morgan fingerprint density at radius 2 is 1.38 bits per heavy atom. The number of hydrogen-bond acceptors (Lipinski definition) is 19. The Morgan fingerprint density at radius 1 is 0.733 bits per heavy atom. The topological polar surface area (TPSA) is 174 Å². The van der Waals surface area contributed by atoms with Crippen molar-refractivity contribution in [1.29, 1.82) is 0 Å². The van der Waals surface area contributed by atoms with Crippen LogP contribution in [0.1, 0.15) is 0 Å². The number of thioether (sulfide) groups is 9. The van der Waals surface area contributed by atoms with Crippen LogP contribution in [-0.2, 0) is 25.7 Å². The fraction of sp³-hybridized carbons (Fsp3) is 0.826. The maximum Gasteiger partial charge on any atom is 0.407 e. The molecule has 264 valence electrons. The Morgan fingerprint density at radius 3 is 2.11 bits per heavy atom. The van der Waals surface area contributed by atoms with E-state index >= 15 is 0 Å². The lowest BCUT2D eigenvalue weighted by Crippen LogP contribution is -2.24. The van der Waals surface area contributed by atoms with Gasteiger partial charge in [-0.25, -0.2) is 14.8 Å². The van der Waals surface area contributed by atoms with E-state index in [2.05, 4.69) is 20.6 Å². The van der Waals surface area contributed by atoms with Crippen molar-refractivity contribution in [2.24, 2.45) is 9.98 Å². The van der Waals surface area contributed by atoms with Crippen LogP contribution in [0, 0.1) is 0 Å². The molecule has 45 heavy (non-hydrogen) atoms. The van der Waals surface area contributed by atoms with Gasteiger partial charge in [0.05, 0.1) is 36.7 Å². The van der Waals surface area contributed by atoms with E-state index in [9.17, 15) is 14.1 Å². The Labute approximate surface area is 308 Å². The van der Waals surface area contributed by atoms with E-state index in [0.29, 0.717) is 59.7 Å². The zero-order chi connectivity index (χ0) is 32.9. The Balaban J connectivity index is 3.39. The number of alkyl carbamates (subject to hydrolysis) is 1. The van der Waals surface area contributed by atoms with E-state index in [4.69, 9.17) is 24.7 Å². The molecule has 0 aromatic rings. The highest BCUT2D eigenvalue weighted by Gasteiger charge is 2.05. The fourth-order valence-electron chi connectivity index (χ4n) is 2.14. The van der Waals surface area contributed by atoms with Crippen LogP contribution in [0.4, 0.5) is 9.59 Å². The zero-order valence-corrected chi connectivity index (χ0v) is 33.1. The van der Waals surface area contributed by atoms with Gasteiger partial charge in [-0.2, -0.15) is 40.2 Å². The monoisotopic (exact) mass is 824 g/mol.